The fraction of sp³-hybridized carbons (Fsp3) is 0.240. The Morgan fingerprint density at radius 3 is 2.12 bits per heavy atom. The quantitative estimate of drug-likeness (QED) is 0.532. The molecule has 2 atom stereocenters. The molecular formula is C25H26N2O5S. The van der Waals surface area contributed by atoms with Crippen LogP contribution in [-0.4, -0.2) is 43.6 Å². The van der Waals surface area contributed by atoms with E-state index in [0.717, 1.165) is 11.1 Å². The number of hydrogen-bond acceptors (Lipinski definition) is 5. The smallest absolute Gasteiger partial charge is 0.249 e. The lowest BCUT2D eigenvalue weighted by atomic mass is 9.98. The van der Waals surface area contributed by atoms with E-state index in [2.05, 4.69) is 4.72 Å². The van der Waals surface area contributed by atoms with Crippen LogP contribution in [0.25, 0.3) is 0 Å². The van der Waals surface area contributed by atoms with Crippen LogP contribution in [0.1, 0.15) is 22.8 Å². The highest BCUT2D eigenvalue weighted by atomic mass is 32.2. The van der Waals surface area contributed by atoms with Gasteiger partial charge >= 0.3 is 0 Å². The normalized spacial score (nSPS) is 18.8. The molecule has 4 rings (SSSR count). The van der Waals surface area contributed by atoms with Crippen LogP contribution >= 0.6 is 0 Å². The van der Waals surface area contributed by atoms with Crippen molar-refractivity contribution in [3.8, 4) is 0 Å². The number of morpholine rings is 1. The van der Waals surface area contributed by atoms with E-state index in [1.807, 2.05) is 36.4 Å². The van der Waals surface area contributed by atoms with E-state index < -0.39 is 22.2 Å². The lowest BCUT2D eigenvalue weighted by Crippen LogP contribution is -2.52. The van der Waals surface area contributed by atoms with Crippen LogP contribution < -0.4 is 4.72 Å². The van der Waals surface area contributed by atoms with Gasteiger partial charge in [-0.2, -0.15) is 0 Å². The molecule has 2 N–H and O–H groups in total. The Labute approximate surface area is 193 Å². The summed E-state index contributed by atoms with van der Waals surface area (Å²) >= 11 is 0. The van der Waals surface area contributed by atoms with Crippen molar-refractivity contribution in [3.05, 3.63) is 102 Å². The maximum atomic E-state index is 12.5. The van der Waals surface area contributed by atoms with Crippen molar-refractivity contribution >= 4 is 21.6 Å². The van der Waals surface area contributed by atoms with E-state index in [0.29, 0.717) is 17.8 Å². The third kappa shape index (κ3) is 5.78. The number of aliphatic hydroxyl groups excluding tert-OH is 1. The average molecular weight is 467 g/mol. The number of hydrogen-bond donors (Lipinski definition) is 2. The summed E-state index contributed by atoms with van der Waals surface area (Å²) in [5, 5.41) is 10.1. The van der Waals surface area contributed by atoms with Crippen LogP contribution in [0.15, 0.2) is 84.9 Å². The minimum atomic E-state index is -3.57. The molecule has 1 aliphatic rings. The van der Waals surface area contributed by atoms with Crippen LogP contribution in [0.4, 0.5) is 5.69 Å². The highest BCUT2D eigenvalue weighted by Gasteiger charge is 2.37. The van der Waals surface area contributed by atoms with Gasteiger partial charge in [0.05, 0.1) is 18.4 Å². The van der Waals surface area contributed by atoms with E-state index >= 15 is 0 Å². The van der Waals surface area contributed by atoms with Gasteiger partial charge in [0.15, 0.2) is 0 Å². The molecule has 172 valence electrons. The van der Waals surface area contributed by atoms with Crippen molar-refractivity contribution in [2.24, 2.45) is 0 Å². The van der Waals surface area contributed by atoms with E-state index in [-0.39, 0.29) is 24.9 Å². The fourth-order valence-electron chi connectivity index (χ4n) is 3.95. The lowest BCUT2D eigenvalue weighted by molar-refractivity contribution is -0.162. The number of rotatable bonds is 8. The van der Waals surface area contributed by atoms with Crippen LogP contribution in [0.3, 0.4) is 0 Å². The molecule has 8 heteroatoms. The van der Waals surface area contributed by atoms with Gasteiger partial charge in [0.2, 0.25) is 15.9 Å². The zero-order valence-corrected chi connectivity index (χ0v) is 18.8. The second-order valence-electron chi connectivity index (χ2n) is 7.96. The number of amides is 1. The summed E-state index contributed by atoms with van der Waals surface area (Å²) in [6.07, 6.45) is -0.522. The molecule has 3 aromatic carbocycles. The molecule has 0 spiro atoms. The maximum absolute atomic E-state index is 12.5. The van der Waals surface area contributed by atoms with Gasteiger partial charge in [0.25, 0.3) is 0 Å². The second-order valence-corrected chi connectivity index (χ2v) is 9.68. The highest BCUT2D eigenvalue weighted by Crippen LogP contribution is 2.31. The number of benzene rings is 3. The molecule has 3 aromatic rings. The first kappa shape index (κ1) is 23.0. The summed E-state index contributed by atoms with van der Waals surface area (Å²) in [5.41, 5.74) is 2.85. The maximum Gasteiger partial charge on any atom is 0.249 e. The molecule has 2 unspecified atom stereocenters. The molecule has 7 nitrogen and oxygen atoms in total. The Morgan fingerprint density at radius 2 is 1.52 bits per heavy atom. The molecule has 0 radical (unpaired) electrons. The van der Waals surface area contributed by atoms with Gasteiger partial charge in [-0.15, -0.1) is 0 Å². The van der Waals surface area contributed by atoms with Crippen molar-refractivity contribution in [2.75, 3.05) is 17.9 Å². The molecule has 0 aromatic heterocycles. The van der Waals surface area contributed by atoms with Crippen LogP contribution in [0, 0.1) is 0 Å². The summed E-state index contributed by atoms with van der Waals surface area (Å²) in [4.78, 5) is 14.2. The molecule has 1 fully saturated rings. The van der Waals surface area contributed by atoms with Gasteiger partial charge < -0.3 is 14.7 Å². The average Bonchev–Trinajstić information content (AvgIpc) is 2.81. The molecule has 1 amide bonds. The molecule has 1 heterocycles. The highest BCUT2D eigenvalue weighted by molar-refractivity contribution is 7.91. The van der Waals surface area contributed by atoms with Gasteiger partial charge in [0.1, 0.15) is 12.7 Å². The predicted octanol–water partition coefficient (Wildman–Crippen LogP) is 3.09. The molecule has 1 aliphatic heterocycles. The van der Waals surface area contributed by atoms with E-state index in [1.54, 1.807) is 53.4 Å². The van der Waals surface area contributed by atoms with Crippen LogP contribution in [0.5, 0.6) is 0 Å². The third-order valence-electron chi connectivity index (χ3n) is 5.55. The van der Waals surface area contributed by atoms with Gasteiger partial charge in [0, 0.05) is 12.2 Å². The fourth-order valence-corrected chi connectivity index (χ4v) is 5.15. The first-order chi connectivity index (χ1) is 15.9. The second kappa shape index (κ2) is 10.2. The number of carbonyl (C=O) groups is 1. The molecule has 0 bridgehead atoms. The van der Waals surface area contributed by atoms with Gasteiger partial charge in [-0.05, 0) is 28.8 Å². The first-order valence-corrected chi connectivity index (χ1v) is 12.3. The SMILES string of the molecule is O=C1COC(c2ccc(NS(=O)(=O)Cc3ccccc3)cc2)C(CO)N1Cc1ccccc1. The largest absolute Gasteiger partial charge is 0.394 e. The summed E-state index contributed by atoms with van der Waals surface area (Å²) in [6, 6.07) is 24.8. The predicted molar refractivity (Wildman–Crippen MR) is 126 cm³/mol. The minimum Gasteiger partial charge on any atom is -0.394 e. The Hall–Kier alpha value is -3.20. The standard InChI is InChI=1S/C25H26N2O5S/c28-16-23-25(32-17-24(29)27(23)15-19-7-3-1-4-8-19)21-11-13-22(14-12-21)26-33(30,31)18-20-9-5-2-6-10-20/h1-14,23,25-26,28H,15-18H2. The van der Waals surface area contributed by atoms with E-state index in [4.69, 9.17) is 4.74 Å². The zero-order valence-electron chi connectivity index (χ0n) is 18.0. The minimum absolute atomic E-state index is 0.0839. The molecule has 0 saturated carbocycles. The summed E-state index contributed by atoms with van der Waals surface area (Å²) < 4.78 is 33.4. The number of nitrogens with zero attached hydrogens (tertiary/aromatic N) is 1. The molecular weight excluding hydrogens is 440 g/mol. The Morgan fingerprint density at radius 1 is 0.909 bits per heavy atom. The van der Waals surface area contributed by atoms with Gasteiger partial charge in [-0.3, -0.25) is 9.52 Å². The van der Waals surface area contributed by atoms with Crippen molar-refractivity contribution in [2.45, 2.75) is 24.4 Å². The molecule has 33 heavy (non-hydrogen) atoms. The Balaban J connectivity index is 1.47. The molecule has 1 saturated heterocycles. The number of ether oxygens (including phenoxy) is 1. The number of anilines is 1. The summed E-state index contributed by atoms with van der Waals surface area (Å²) in [6.45, 7) is 0.0380. The van der Waals surface area contributed by atoms with Crippen molar-refractivity contribution in [1.29, 1.82) is 0 Å². The summed E-state index contributed by atoms with van der Waals surface area (Å²) in [5.74, 6) is -0.302. The topological polar surface area (TPSA) is 95.9 Å². The number of sulfonamides is 1. The van der Waals surface area contributed by atoms with Crippen molar-refractivity contribution in [1.82, 2.24) is 4.90 Å². The Bertz CT molecular complexity index is 1170. The Kier molecular flexibility index (Phi) is 7.08. The number of nitrogens with one attached hydrogen (secondary N) is 1. The monoisotopic (exact) mass is 466 g/mol. The first-order valence-electron chi connectivity index (χ1n) is 10.7. The van der Waals surface area contributed by atoms with Gasteiger partial charge in [-0.1, -0.05) is 72.8 Å². The molecule has 0 aliphatic carbocycles. The lowest BCUT2D eigenvalue weighted by Gasteiger charge is -2.40. The van der Waals surface area contributed by atoms with E-state index in [9.17, 15) is 18.3 Å². The number of aliphatic hydroxyl groups is 1. The van der Waals surface area contributed by atoms with Gasteiger partial charge in [-0.25, -0.2) is 8.42 Å². The number of carbonyl (C=O) groups excluding carboxylic acids is 1. The van der Waals surface area contributed by atoms with Crippen molar-refractivity contribution < 1.29 is 23.1 Å². The van der Waals surface area contributed by atoms with Crippen LogP contribution in [-0.2, 0) is 31.9 Å². The van der Waals surface area contributed by atoms with Crippen molar-refractivity contribution in [3.63, 3.8) is 0 Å². The summed E-state index contributed by atoms with van der Waals surface area (Å²) in [7, 11) is -3.57. The van der Waals surface area contributed by atoms with Crippen LogP contribution in [0.2, 0.25) is 0 Å². The third-order valence-corrected chi connectivity index (χ3v) is 6.81. The zero-order chi connectivity index (χ0) is 23.3. The van der Waals surface area contributed by atoms with E-state index in [1.165, 1.54) is 0 Å².